The Balaban J connectivity index is 1.90. The van der Waals surface area contributed by atoms with Crippen LogP contribution in [0.1, 0.15) is 57.6 Å². The Kier molecular flexibility index (Phi) is 5.86. The van der Waals surface area contributed by atoms with E-state index < -0.39 is 11.7 Å². The quantitative estimate of drug-likeness (QED) is 0.922. The minimum atomic E-state index is -0.489. The molecule has 1 fully saturated rings. The zero-order valence-electron chi connectivity index (χ0n) is 15.1. The van der Waals surface area contributed by atoms with Gasteiger partial charge in [-0.25, -0.2) is 4.79 Å². The number of hydrogen-bond donors (Lipinski definition) is 1. The normalized spacial score (nSPS) is 15.9. The smallest absolute Gasteiger partial charge is 0.407 e. The summed E-state index contributed by atoms with van der Waals surface area (Å²) in [5, 5.41) is 2.79. The third-order valence-corrected chi connectivity index (χ3v) is 4.20. The predicted octanol–water partition coefficient (Wildman–Crippen LogP) is 3.44. The Morgan fingerprint density at radius 1 is 1.25 bits per heavy atom. The minimum Gasteiger partial charge on any atom is -0.444 e. The first-order valence-corrected chi connectivity index (χ1v) is 8.56. The monoisotopic (exact) mass is 332 g/mol. The Labute approximate surface area is 144 Å². The second kappa shape index (κ2) is 7.69. The van der Waals surface area contributed by atoms with Crippen molar-refractivity contribution in [3.05, 3.63) is 35.4 Å². The molecule has 1 aromatic carbocycles. The number of carbonyl (C=O) groups excluding carboxylic acids is 2. The number of likely N-dealkylation sites (tertiary alicyclic amines) is 1. The topological polar surface area (TPSA) is 58.6 Å². The number of benzene rings is 1. The molecule has 0 radical (unpaired) electrons. The van der Waals surface area contributed by atoms with E-state index in [0.717, 1.165) is 31.5 Å². The fourth-order valence-corrected chi connectivity index (χ4v) is 2.97. The molecule has 0 saturated carbocycles. The van der Waals surface area contributed by atoms with E-state index in [0.29, 0.717) is 12.5 Å². The van der Waals surface area contributed by atoms with Crippen LogP contribution in [-0.4, -0.2) is 35.6 Å². The number of piperidine rings is 1. The molecule has 0 bridgehead atoms. The lowest BCUT2D eigenvalue weighted by atomic mass is 9.88. The van der Waals surface area contributed by atoms with Crippen molar-refractivity contribution < 1.29 is 14.3 Å². The van der Waals surface area contributed by atoms with Crippen LogP contribution in [0.15, 0.2) is 24.3 Å². The van der Waals surface area contributed by atoms with Gasteiger partial charge in [0.15, 0.2) is 0 Å². The molecule has 2 rings (SSSR count). The molecule has 1 aliphatic heterocycles. The highest BCUT2D eigenvalue weighted by Crippen LogP contribution is 2.28. The van der Waals surface area contributed by atoms with Gasteiger partial charge in [-0.3, -0.25) is 4.79 Å². The highest BCUT2D eigenvalue weighted by molar-refractivity contribution is 5.73. The molecule has 1 aliphatic rings. The predicted molar refractivity (Wildman–Crippen MR) is 93.7 cm³/mol. The van der Waals surface area contributed by atoms with E-state index in [1.165, 1.54) is 5.56 Å². The summed E-state index contributed by atoms with van der Waals surface area (Å²) >= 11 is 0. The molecule has 5 nitrogen and oxygen atoms in total. The first-order chi connectivity index (χ1) is 11.2. The van der Waals surface area contributed by atoms with Crippen molar-refractivity contribution in [3.63, 3.8) is 0 Å². The van der Waals surface area contributed by atoms with E-state index in [2.05, 4.69) is 17.4 Å². The standard InChI is InChI=1S/C19H28N2O3/c1-14(22)21-10-8-16(9-11-21)17-7-5-6-15(12-17)13-20-18(23)24-19(2,3)4/h5-7,12,16H,8-11,13H2,1-4H3,(H,20,23). The van der Waals surface area contributed by atoms with E-state index in [1.807, 2.05) is 37.8 Å². The van der Waals surface area contributed by atoms with Gasteiger partial charge >= 0.3 is 6.09 Å². The van der Waals surface area contributed by atoms with E-state index in [-0.39, 0.29) is 5.91 Å². The maximum Gasteiger partial charge on any atom is 0.407 e. The Morgan fingerprint density at radius 3 is 2.50 bits per heavy atom. The minimum absolute atomic E-state index is 0.156. The zero-order chi connectivity index (χ0) is 17.7. The van der Waals surface area contributed by atoms with Crippen LogP contribution >= 0.6 is 0 Å². The van der Waals surface area contributed by atoms with E-state index in [9.17, 15) is 9.59 Å². The summed E-state index contributed by atoms with van der Waals surface area (Å²) in [6.45, 7) is 9.26. The van der Waals surface area contributed by atoms with Crippen molar-refractivity contribution in [2.45, 2.75) is 58.6 Å². The SMILES string of the molecule is CC(=O)N1CCC(c2cccc(CNC(=O)OC(C)(C)C)c2)CC1. The van der Waals surface area contributed by atoms with Crippen LogP contribution in [0.5, 0.6) is 0 Å². The second-order valence-corrected chi connectivity index (χ2v) is 7.38. The summed E-state index contributed by atoms with van der Waals surface area (Å²) in [4.78, 5) is 25.1. The molecule has 1 N–H and O–H groups in total. The van der Waals surface area contributed by atoms with Crippen LogP contribution in [0.4, 0.5) is 4.79 Å². The molecule has 0 aromatic heterocycles. The number of amides is 2. The summed E-state index contributed by atoms with van der Waals surface area (Å²) in [6, 6.07) is 8.31. The van der Waals surface area contributed by atoms with Gasteiger partial charge in [0, 0.05) is 26.6 Å². The molecule has 1 heterocycles. The van der Waals surface area contributed by atoms with Crippen LogP contribution in [-0.2, 0) is 16.1 Å². The molecule has 1 aromatic rings. The number of nitrogens with one attached hydrogen (secondary N) is 1. The lowest BCUT2D eigenvalue weighted by Crippen LogP contribution is -2.36. The van der Waals surface area contributed by atoms with E-state index in [1.54, 1.807) is 6.92 Å². The van der Waals surface area contributed by atoms with Crippen molar-refractivity contribution in [2.75, 3.05) is 13.1 Å². The number of carbonyl (C=O) groups is 2. The van der Waals surface area contributed by atoms with Crippen molar-refractivity contribution in [1.82, 2.24) is 10.2 Å². The largest absolute Gasteiger partial charge is 0.444 e. The van der Waals surface area contributed by atoms with Crippen molar-refractivity contribution in [3.8, 4) is 0 Å². The molecule has 5 heteroatoms. The van der Waals surface area contributed by atoms with Crippen LogP contribution in [0.3, 0.4) is 0 Å². The number of hydrogen-bond acceptors (Lipinski definition) is 3. The molecule has 0 unspecified atom stereocenters. The lowest BCUT2D eigenvalue weighted by Gasteiger charge is -2.31. The van der Waals surface area contributed by atoms with Crippen LogP contribution < -0.4 is 5.32 Å². The van der Waals surface area contributed by atoms with Gasteiger partial charge in [-0.15, -0.1) is 0 Å². The maximum atomic E-state index is 11.7. The van der Waals surface area contributed by atoms with Gasteiger partial charge in [-0.2, -0.15) is 0 Å². The molecule has 0 spiro atoms. The van der Waals surface area contributed by atoms with Gasteiger partial charge in [-0.1, -0.05) is 24.3 Å². The van der Waals surface area contributed by atoms with Crippen LogP contribution in [0.2, 0.25) is 0 Å². The van der Waals surface area contributed by atoms with Gasteiger partial charge in [-0.05, 0) is 50.7 Å². The molecule has 0 aliphatic carbocycles. The molecule has 1 saturated heterocycles. The first kappa shape index (κ1) is 18.3. The van der Waals surface area contributed by atoms with Crippen molar-refractivity contribution in [1.29, 1.82) is 0 Å². The van der Waals surface area contributed by atoms with Crippen molar-refractivity contribution in [2.24, 2.45) is 0 Å². The highest BCUT2D eigenvalue weighted by Gasteiger charge is 2.22. The number of alkyl carbamates (subject to hydrolysis) is 1. The third-order valence-electron chi connectivity index (χ3n) is 4.20. The van der Waals surface area contributed by atoms with Gasteiger partial charge in [0.1, 0.15) is 5.60 Å². The molecular formula is C19H28N2O3. The molecular weight excluding hydrogens is 304 g/mol. The summed E-state index contributed by atoms with van der Waals surface area (Å²) < 4.78 is 5.25. The van der Waals surface area contributed by atoms with Crippen molar-refractivity contribution >= 4 is 12.0 Å². The number of ether oxygens (including phenoxy) is 1. The molecule has 2 amide bonds. The Hall–Kier alpha value is -2.04. The molecule has 24 heavy (non-hydrogen) atoms. The number of nitrogens with zero attached hydrogens (tertiary/aromatic N) is 1. The van der Waals surface area contributed by atoms with Crippen LogP contribution in [0.25, 0.3) is 0 Å². The highest BCUT2D eigenvalue weighted by atomic mass is 16.6. The number of rotatable bonds is 3. The maximum absolute atomic E-state index is 11.7. The summed E-state index contributed by atoms with van der Waals surface area (Å²) in [5.41, 5.74) is 1.85. The average molecular weight is 332 g/mol. The summed E-state index contributed by atoms with van der Waals surface area (Å²) in [6.07, 6.45) is 1.58. The average Bonchev–Trinajstić information content (AvgIpc) is 2.52. The lowest BCUT2D eigenvalue weighted by molar-refractivity contribution is -0.129. The Bertz CT molecular complexity index is 585. The second-order valence-electron chi connectivity index (χ2n) is 7.38. The Morgan fingerprint density at radius 2 is 1.92 bits per heavy atom. The van der Waals surface area contributed by atoms with E-state index in [4.69, 9.17) is 4.74 Å². The molecule has 132 valence electrons. The first-order valence-electron chi connectivity index (χ1n) is 8.56. The molecule has 0 atom stereocenters. The summed E-state index contributed by atoms with van der Waals surface area (Å²) in [7, 11) is 0. The van der Waals surface area contributed by atoms with Gasteiger partial charge in [0.2, 0.25) is 5.91 Å². The van der Waals surface area contributed by atoms with E-state index >= 15 is 0 Å². The van der Waals surface area contributed by atoms with Crippen LogP contribution in [0, 0.1) is 0 Å². The fourth-order valence-electron chi connectivity index (χ4n) is 2.97. The van der Waals surface area contributed by atoms with Gasteiger partial charge in [0.25, 0.3) is 0 Å². The summed E-state index contributed by atoms with van der Waals surface area (Å²) in [5.74, 6) is 0.630. The van der Waals surface area contributed by atoms with Gasteiger partial charge < -0.3 is 15.0 Å². The van der Waals surface area contributed by atoms with Gasteiger partial charge in [0.05, 0.1) is 0 Å². The fraction of sp³-hybridized carbons (Fsp3) is 0.579. The zero-order valence-corrected chi connectivity index (χ0v) is 15.1. The third kappa shape index (κ3) is 5.55.